The Balaban J connectivity index is 2.05. The number of hydrogen-bond acceptors (Lipinski definition) is 3. The first-order valence-corrected chi connectivity index (χ1v) is 5.95. The lowest BCUT2D eigenvalue weighted by Gasteiger charge is -2.04. The number of nitriles is 1. The molecule has 5 heteroatoms. The summed E-state index contributed by atoms with van der Waals surface area (Å²) in [6.45, 7) is 0.336. The molecule has 0 bridgehead atoms. The Kier molecular flexibility index (Phi) is 3.62. The summed E-state index contributed by atoms with van der Waals surface area (Å²) in [4.78, 5) is 0.958. The van der Waals surface area contributed by atoms with E-state index in [0.29, 0.717) is 16.7 Å². The molecular weight excluding hydrogens is 261 g/mol. The lowest BCUT2D eigenvalue weighted by atomic mass is 10.2. The number of rotatable bonds is 3. The van der Waals surface area contributed by atoms with Crippen LogP contribution >= 0.6 is 22.9 Å². The fraction of sp³-hybridized carbons (Fsp3) is 0.0833. The molecule has 86 valence electrons. The van der Waals surface area contributed by atoms with E-state index >= 15 is 0 Å². The third-order valence-electron chi connectivity index (χ3n) is 2.07. The van der Waals surface area contributed by atoms with Crippen molar-refractivity contribution in [1.29, 1.82) is 5.26 Å². The van der Waals surface area contributed by atoms with Crippen LogP contribution in [-0.2, 0) is 6.61 Å². The van der Waals surface area contributed by atoms with Gasteiger partial charge in [-0.05, 0) is 24.3 Å². The van der Waals surface area contributed by atoms with Crippen LogP contribution in [0.3, 0.4) is 0 Å². The van der Waals surface area contributed by atoms with Crippen molar-refractivity contribution < 1.29 is 9.13 Å². The van der Waals surface area contributed by atoms with E-state index in [2.05, 4.69) is 0 Å². The minimum absolute atomic E-state index is 0.0107. The highest BCUT2D eigenvalue weighted by atomic mass is 35.5. The standard InChI is InChI=1S/C12H7ClFNOS/c13-12-4-3-10(17-12)7-16-9-2-1-8(6-15)11(14)5-9/h1-5H,7H2. The number of benzene rings is 1. The maximum absolute atomic E-state index is 13.3. The molecule has 1 heterocycles. The molecule has 0 radical (unpaired) electrons. The van der Waals surface area contributed by atoms with Gasteiger partial charge in [0.05, 0.1) is 9.90 Å². The van der Waals surface area contributed by atoms with Crippen LogP contribution in [-0.4, -0.2) is 0 Å². The van der Waals surface area contributed by atoms with Crippen molar-refractivity contribution >= 4 is 22.9 Å². The summed E-state index contributed by atoms with van der Waals surface area (Å²) in [7, 11) is 0. The highest BCUT2D eigenvalue weighted by Gasteiger charge is 2.04. The summed E-state index contributed by atoms with van der Waals surface area (Å²) < 4.78 is 19.3. The first kappa shape index (κ1) is 11.9. The summed E-state index contributed by atoms with van der Waals surface area (Å²) in [5.74, 6) is -0.180. The molecule has 2 rings (SSSR count). The van der Waals surface area contributed by atoms with Crippen molar-refractivity contribution in [3.8, 4) is 11.8 Å². The molecule has 0 amide bonds. The fourth-order valence-electron chi connectivity index (χ4n) is 1.26. The molecule has 0 fully saturated rings. The average Bonchev–Trinajstić information content (AvgIpc) is 2.73. The monoisotopic (exact) mass is 267 g/mol. The summed E-state index contributed by atoms with van der Waals surface area (Å²) in [6, 6.07) is 9.55. The predicted octanol–water partition coefficient (Wildman–Crippen LogP) is 3.99. The quantitative estimate of drug-likeness (QED) is 0.842. The van der Waals surface area contributed by atoms with Gasteiger partial charge in [-0.15, -0.1) is 11.3 Å². The Morgan fingerprint density at radius 3 is 2.76 bits per heavy atom. The van der Waals surface area contributed by atoms with Crippen LogP contribution < -0.4 is 4.74 Å². The van der Waals surface area contributed by atoms with Crippen LogP contribution in [0.4, 0.5) is 4.39 Å². The fourth-order valence-corrected chi connectivity index (χ4v) is 2.26. The number of nitrogens with zero attached hydrogens (tertiary/aromatic N) is 1. The Morgan fingerprint density at radius 2 is 2.18 bits per heavy atom. The molecule has 1 aromatic carbocycles. The summed E-state index contributed by atoms with van der Waals surface area (Å²) >= 11 is 7.19. The van der Waals surface area contributed by atoms with E-state index < -0.39 is 5.82 Å². The molecule has 0 atom stereocenters. The predicted molar refractivity (Wildman–Crippen MR) is 64.8 cm³/mol. The van der Waals surface area contributed by atoms with Crippen molar-refractivity contribution in [2.75, 3.05) is 0 Å². The van der Waals surface area contributed by atoms with Gasteiger partial charge in [0.2, 0.25) is 0 Å². The molecule has 2 aromatic rings. The number of ether oxygens (including phenoxy) is 1. The van der Waals surface area contributed by atoms with Crippen LogP contribution in [0.5, 0.6) is 5.75 Å². The molecule has 0 aliphatic rings. The SMILES string of the molecule is N#Cc1ccc(OCc2ccc(Cl)s2)cc1F. The maximum atomic E-state index is 13.3. The molecule has 0 unspecified atom stereocenters. The van der Waals surface area contributed by atoms with Gasteiger partial charge in [0, 0.05) is 10.9 Å². The second-order valence-electron chi connectivity index (χ2n) is 3.25. The maximum Gasteiger partial charge on any atom is 0.144 e. The molecule has 0 aliphatic heterocycles. The van der Waals surface area contributed by atoms with Crippen LogP contribution in [0.25, 0.3) is 0 Å². The van der Waals surface area contributed by atoms with Gasteiger partial charge < -0.3 is 4.74 Å². The lowest BCUT2D eigenvalue weighted by molar-refractivity contribution is 0.308. The molecule has 1 aromatic heterocycles. The van der Waals surface area contributed by atoms with Crippen molar-refractivity contribution in [3.63, 3.8) is 0 Å². The van der Waals surface area contributed by atoms with Crippen LogP contribution in [0, 0.1) is 17.1 Å². The largest absolute Gasteiger partial charge is 0.488 e. The van der Waals surface area contributed by atoms with E-state index in [1.807, 2.05) is 6.07 Å². The zero-order valence-corrected chi connectivity index (χ0v) is 10.2. The summed E-state index contributed by atoms with van der Waals surface area (Å²) in [6.07, 6.45) is 0. The van der Waals surface area contributed by atoms with E-state index in [1.54, 1.807) is 18.2 Å². The second-order valence-corrected chi connectivity index (χ2v) is 5.05. The third kappa shape index (κ3) is 2.96. The normalized spacial score (nSPS) is 9.94. The van der Waals surface area contributed by atoms with Gasteiger partial charge in [0.15, 0.2) is 0 Å². The van der Waals surface area contributed by atoms with Crippen molar-refractivity contribution in [1.82, 2.24) is 0 Å². The lowest BCUT2D eigenvalue weighted by Crippen LogP contribution is -1.94. The third-order valence-corrected chi connectivity index (χ3v) is 3.28. The van der Waals surface area contributed by atoms with Gasteiger partial charge >= 0.3 is 0 Å². The Morgan fingerprint density at radius 1 is 1.35 bits per heavy atom. The highest BCUT2D eigenvalue weighted by Crippen LogP contribution is 2.23. The molecule has 0 saturated carbocycles. The first-order chi connectivity index (χ1) is 8.19. The summed E-state index contributed by atoms with van der Waals surface area (Å²) in [5, 5.41) is 8.58. The Bertz CT molecular complexity index is 576. The van der Waals surface area contributed by atoms with Gasteiger partial charge in [-0.2, -0.15) is 5.26 Å². The van der Waals surface area contributed by atoms with Gasteiger partial charge in [0.1, 0.15) is 24.2 Å². The van der Waals surface area contributed by atoms with Crippen molar-refractivity contribution in [2.45, 2.75) is 6.61 Å². The molecule has 0 N–H and O–H groups in total. The Hall–Kier alpha value is -1.57. The van der Waals surface area contributed by atoms with E-state index in [-0.39, 0.29) is 5.56 Å². The first-order valence-electron chi connectivity index (χ1n) is 4.75. The molecule has 2 nitrogen and oxygen atoms in total. The van der Waals surface area contributed by atoms with Gasteiger partial charge in [0.25, 0.3) is 0 Å². The zero-order chi connectivity index (χ0) is 12.3. The minimum Gasteiger partial charge on any atom is -0.488 e. The topological polar surface area (TPSA) is 33.0 Å². The van der Waals surface area contributed by atoms with Crippen LogP contribution in [0.1, 0.15) is 10.4 Å². The summed E-state index contributed by atoms with van der Waals surface area (Å²) in [5.41, 5.74) is 0.0107. The number of thiophene rings is 1. The zero-order valence-electron chi connectivity index (χ0n) is 8.61. The number of hydrogen-bond donors (Lipinski definition) is 0. The molecular formula is C12H7ClFNOS. The molecule has 0 aliphatic carbocycles. The minimum atomic E-state index is -0.575. The van der Waals surface area contributed by atoms with E-state index in [9.17, 15) is 4.39 Å². The van der Waals surface area contributed by atoms with Crippen molar-refractivity contribution in [2.24, 2.45) is 0 Å². The van der Waals surface area contributed by atoms with Crippen molar-refractivity contribution in [3.05, 3.63) is 50.9 Å². The smallest absolute Gasteiger partial charge is 0.144 e. The average molecular weight is 268 g/mol. The van der Waals surface area contributed by atoms with Gasteiger partial charge in [-0.1, -0.05) is 11.6 Å². The highest BCUT2D eigenvalue weighted by molar-refractivity contribution is 7.16. The second kappa shape index (κ2) is 5.17. The van der Waals surface area contributed by atoms with Gasteiger partial charge in [-0.25, -0.2) is 4.39 Å². The van der Waals surface area contributed by atoms with Crippen LogP contribution in [0.2, 0.25) is 4.34 Å². The molecule has 0 saturated heterocycles. The molecule has 17 heavy (non-hydrogen) atoms. The van der Waals surface area contributed by atoms with E-state index in [4.69, 9.17) is 21.6 Å². The van der Waals surface area contributed by atoms with E-state index in [1.165, 1.54) is 23.5 Å². The van der Waals surface area contributed by atoms with E-state index in [0.717, 1.165) is 4.88 Å². The Labute approximate surface area is 107 Å². The van der Waals surface area contributed by atoms with Crippen LogP contribution in [0.15, 0.2) is 30.3 Å². The molecule has 0 spiro atoms. The van der Waals surface area contributed by atoms with Gasteiger partial charge in [-0.3, -0.25) is 0 Å². The number of halogens is 2.